The Morgan fingerprint density at radius 1 is 1.30 bits per heavy atom. The standard InChI is InChI=1S/C20H23N5O2/c1-14(2)25-17-8-11-24(18(26)13-27-15-6-4-3-5-7-15)12-16(17)19(23-25)20-21-9-10-22-20/h3-7,9-10,14H,8,11-13H2,1-2H3,(H,21,22). The Bertz CT molecular complexity index is 916. The van der Waals surface area contributed by atoms with Gasteiger partial charge in [-0.15, -0.1) is 0 Å². The number of hydrogen-bond acceptors (Lipinski definition) is 4. The van der Waals surface area contributed by atoms with Crippen LogP contribution in [-0.2, 0) is 17.8 Å². The predicted octanol–water partition coefficient (Wildman–Crippen LogP) is 2.82. The number of aromatic amines is 1. The predicted molar refractivity (Wildman–Crippen MR) is 101 cm³/mol. The fourth-order valence-electron chi connectivity index (χ4n) is 3.42. The van der Waals surface area contributed by atoms with Gasteiger partial charge in [-0.1, -0.05) is 18.2 Å². The van der Waals surface area contributed by atoms with Crippen LogP contribution in [0.4, 0.5) is 0 Å². The second-order valence-corrected chi connectivity index (χ2v) is 6.92. The Morgan fingerprint density at radius 2 is 2.11 bits per heavy atom. The topological polar surface area (TPSA) is 76.0 Å². The van der Waals surface area contributed by atoms with Crippen LogP contribution in [0.2, 0.25) is 0 Å². The highest BCUT2D eigenvalue weighted by atomic mass is 16.5. The number of nitrogens with one attached hydrogen (secondary N) is 1. The highest BCUT2D eigenvalue weighted by Crippen LogP contribution is 2.30. The van der Waals surface area contributed by atoms with E-state index in [4.69, 9.17) is 9.84 Å². The third-order valence-corrected chi connectivity index (χ3v) is 4.76. The maximum Gasteiger partial charge on any atom is 0.260 e. The van der Waals surface area contributed by atoms with E-state index in [9.17, 15) is 4.79 Å². The Hall–Kier alpha value is -3.09. The largest absolute Gasteiger partial charge is 0.484 e. The van der Waals surface area contributed by atoms with Gasteiger partial charge in [0.05, 0.1) is 0 Å². The van der Waals surface area contributed by atoms with Crippen LogP contribution >= 0.6 is 0 Å². The van der Waals surface area contributed by atoms with Crippen LogP contribution < -0.4 is 4.74 Å². The summed E-state index contributed by atoms with van der Waals surface area (Å²) in [6, 6.07) is 9.66. The van der Waals surface area contributed by atoms with Crippen molar-refractivity contribution in [3.05, 3.63) is 54.0 Å². The Morgan fingerprint density at radius 3 is 2.81 bits per heavy atom. The quantitative estimate of drug-likeness (QED) is 0.754. The summed E-state index contributed by atoms with van der Waals surface area (Å²) in [7, 11) is 0. The van der Waals surface area contributed by atoms with Gasteiger partial charge in [0.15, 0.2) is 12.4 Å². The summed E-state index contributed by atoms with van der Waals surface area (Å²) >= 11 is 0. The van der Waals surface area contributed by atoms with Gasteiger partial charge in [0.2, 0.25) is 0 Å². The van der Waals surface area contributed by atoms with Crippen LogP contribution in [0.3, 0.4) is 0 Å². The van der Waals surface area contributed by atoms with E-state index in [-0.39, 0.29) is 18.6 Å². The Balaban J connectivity index is 1.54. The van der Waals surface area contributed by atoms with Gasteiger partial charge in [-0.2, -0.15) is 5.10 Å². The van der Waals surface area contributed by atoms with Gasteiger partial charge in [0, 0.05) is 49.2 Å². The molecule has 0 spiro atoms. The van der Waals surface area contributed by atoms with E-state index in [1.54, 1.807) is 12.4 Å². The second-order valence-electron chi connectivity index (χ2n) is 6.92. The summed E-state index contributed by atoms with van der Waals surface area (Å²) in [6.07, 6.45) is 4.28. The first kappa shape index (κ1) is 17.3. The number of benzene rings is 1. The average Bonchev–Trinajstić information content (AvgIpc) is 3.34. The van der Waals surface area contributed by atoms with Crippen molar-refractivity contribution in [2.24, 2.45) is 0 Å². The molecule has 4 rings (SSSR count). The number of imidazole rings is 1. The lowest BCUT2D eigenvalue weighted by Gasteiger charge is -2.28. The number of fused-ring (bicyclic) bond motifs is 1. The molecule has 1 aromatic carbocycles. The highest BCUT2D eigenvalue weighted by molar-refractivity contribution is 5.78. The summed E-state index contributed by atoms with van der Waals surface area (Å²) in [6.45, 7) is 5.46. The van der Waals surface area contributed by atoms with E-state index in [2.05, 4.69) is 28.5 Å². The van der Waals surface area contributed by atoms with Crippen LogP contribution in [-0.4, -0.2) is 43.7 Å². The van der Waals surface area contributed by atoms with Gasteiger partial charge in [-0.05, 0) is 26.0 Å². The van der Waals surface area contributed by atoms with Crippen molar-refractivity contribution in [2.75, 3.05) is 13.2 Å². The summed E-state index contributed by atoms with van der Waals surface area (Å²) in [5.74, 6) is 1.42. The number of H-pyrrole nitrogens is 1. The minimum atomic E-state index is -0.0211. The van der Waals surface area contributed by atoms with Crippen molar-refractivity contribution < 1.29 is 9.53 Å². The molecule has 0 aliphatic carbocycles. The molecule has 0 fully saturated rings. The summed E-state index contributed by atoms with van der Waals surface area (Å²) in [5, 5.41) is 4.77. The van der Waals surface area contributed by atoms with E-state index in [0.717, 1.165) is 23.5 Å². The molecule has 0 atom stereocenters. The normalized spacial score (nSPS) is 13.7. The minimum absolute atomic E-state index is 0.0211. The molecule has 7 nitrogen and oxygen atoms in total. The Kier molecular flexibility index (Phi) is 4.66. The molecule has 3 heterocycles. The molecule has 2 aromatic heterocycles. The first-order valence-electron chi connectivity index (χ1n) is 9.19. The minimum Gasteiger partial charge on any atom is -0.484 e. The molecule has 1 aliphatic heterocycles. The lowest BCUT2D eigenvalue weighted by molar-refractivity contribution is -0.134. The first-order valence-corrected chi connectivity index (χ1v) is 9.19. The van der Waals surface area contributed by atoms with E-state index >= 15 is 0 Å². The zero-order chi connectivity index (χ0) is 18.8. The fourth-order valence-corrected chi connectivity index (χ4v) is 3.42. The van der Waals surface area contributed by atoms with Gasteiger partial charge in [-0.25, -0.2) is 4.98 Å². The highest BCUT2D eigenvalue weighted by Gasteiger charge is 2.29. The van der Waals surface area contributed by atoms with Crippen molar-refractivity contribution in [3.63, 3.8) is 0 Å². The molecule has 0 bridgehead atoms. The summed E-state index contributed by atoms with van der Waals surface area (Å²) in [5.41, 5.74) is 3.08. The van der Waals surface area contributed by atoms with E-state index in [1.165, 1.54) is 5.69 Å². The fraction of sp³-hybridized carbons (Fsp3) is 0.350. The zero-order valence-corrected chi connectivity index (χ0v) is 15.6. The van der Waals surface area contributed by atoms with E-state index < -0.39 is 0 Å². The molecule has 3 aromatic rings. The average molecular weight is 365 g/mol. The molecule has 0 saturated carbocycles. The summed E-state index contributed by atoms with van der Waals surface area (Å²) < 4.78 is 7.68. The molecule has 1 N–H and O–H groups in total. The molecule has 0 radical (unpaired) electrons. The van der Waals surface area contributed by atoms with Crippen molar-refractivity contribution in [1.82, 2.24) is 24.6 Å². The number of aromatic nitrogens is 4. The summed E-state index contributed by atoms with van der Waals surface area (Å²) in [4.78, 5) is 22.0. The monoisotopic (exact) mass is 365 g/mol. The van der Waals surface area contributed by atoms with Crippen LogP contribution in [0.5, 0.6) is 5.75 Å². The van der Waals surface area contributed by atoms with Crippen molar-refractivity contribution in [1.29, 1.82) is 0 Å². The molecule has 0 unspecified atom stereocenters. The number of carbonyl (C=O) groups is 1. The van der Waals surface area contributed by atoms with Gasteiger partial charge in [0.25, 0.3) is 5.91 Å². The smallest absolute Gasteiger partial charge is 0.260 e. The molecule has 1 aliphatic rings. The molecule has 140 valence electrons. The molecular formula is C20H23N5O2. The third-order valence-electron chi connectivity index (χ3n) is 4.76. The number of para-hydroxylation sites is 1. The molecule has 0 saturated heterocycles. The number of hydrogen-bond donors (Lipinski definition) is 1. The zero-order valence-electron chi connectivity index (χ0n) is 15.6. The van der Waals surface area contributed by atoms with Crippen molar-refractivity contribution in [3.8, 4) is 17.3 Å². The maximum atomic E-state index is 12.7. The third kappa shape index (κ3) is 3.45. The molecule has 1 amide bonds. The maximum absolute atomic E-state index is 12.7. The first-order chi connectivity index (χ1) is 13.1. The Labute approximate surface area is 158 Å². The van der Waals surface area contributed by atoms with Gasteiger partial charge < -0.3 is 14.6 Å². The number of nitrogens with zero attached hydrogens (tertiary/aromatic N) is 4. The molecular weight excluding hydrogens is 342 g/mol. The number of rotatable bonds is 5. The lowest BCUT2D eigenvalue weighted by atomic mass is 10.0. The van der Waals surface area contributed by atoms with Crippen LogP contribution in [0.1, 0.15) is 31.1 Å². The second kappa shape index (κ2) is 7.26. The SMILES string of the molecule is CC(C)n1nc(-c2ncc[nH]2)c2c1CCN(C(=O)COc1ccccc1)C2. The number of amides is 1. The van der Waals surface area contributed by atoms with Crippen molar-refractivity contribution in [2.45, 2.75) is 32.9 Å². The van der Waals surface area contributed by atoms with E-state index in [0.29, 0.717) is 18.8 Å². The van der Waals surface area contributed by atoms with Crippen molar-refractivity contribution >= 4 is 5.91 Å². The van der Waals surface area contributed by atoms with Gasteiger partial charge in [-0.3, -0.25) is 9.48 Å². The number of carbonyl (C=O) groups excluding carboxylic acids is 1. The lowest BCUT2D eigenvalue weighted by Crippen LogP contribution is -2.39. The number of ether oxygens (including phenoxy) is 1. The molecule has 7 heteroatoms. The van der Waals surface area contributed by atoms with Gasteiger partial charge in [0.1, 0.15) is 11.4 Å². The van der Waals surface area contributed by atoms with Crippen LogP contribution in [0, 0.1) is 0 Å². The molecule has 27 heavy (non-hydrogen) atoms. The van der Waals surface area contributed by atoms with E-state index in [1.807, 2.05) is 35.2 Å². The van der Waals surface area contributed by atoms with Gasteiger partial charge >= 0.3 is 0 Å². The van der Waals surface area contributed by atoms with Crippen LogP contribution in [0.15, 0.2) is 42.7 Å². The van der Waals surface area contributed by atoms with Crippen LogP contribution in [0.25, 0.3) is 11.5 Å².